The highest BCUT2D eigenvalue weighted by molar-refractivity contribution is 5.71. The standard InChI is InChI=1S/C10H17N3O4/c14-6-2-1-3-9-12-11-7-13(9)5-4-8(15)10(16)17/h7-8,14-15H,1-6H2,(H,16,17). The predicted octanol–water partition coefficient (Wildman–Crippen LogP) is -0.571. The van der Waals surface area contributed by atoms with Crippen LogP contribution in [0.5, 0.6) is 0 Å². The van der Waals surface area contributed by atoms with Gasteiger partial charge in [-0.05, 0) is 12.8 Å². The second-order valence-electron chi connectivity index (χ2n) is 3.76. The van der Waals surface area contributed by atoms with Crippen LogP contribution in [-0.4, -0.2) is 48.8 Å². The van der Waals surface area contributed by atoms with Crippen LogP contribution in [0.1, 0.15) is 25.1 Å². The summed E-state index contributed by atoms with van der Waals surface area (Å²) in [6.07, 6.45) is 2.47. The number of carboxylic acids is 1. The zero-order valence-corrected chi connectivity index (χ0v) is 9.49. The Hall–Kier alpha value is -1.47. The minimum absolute atomic E-state index is 0.125. The number of hydrogen-bond acceptors (Lipinski definition) is 5. The van der Waals surface area contributed by atoms with Gasteiger partial charge in [-0.25, -0.2) is 4.79 Å². The maximum absolute atomic E-state index is 10.4. The molecule has 17 heavy (non-hydrogen) atoms. The van der Waals surface area contributed by atoms with E-state index in [4.69, 9.17) is 15.3 Å². The average Bonchev–Trinajstić information content (AvgIpc) is 2.74. The van der Waals surface area contributed by atoms with Gasteiger partial charge in [-0.15, -0.1) is 10.2 Å². The maximum atomic E-state index is 10.4. The molecule has 0 fully saturated rings. The molecular formula is C10H17N3O4. The van der Waals surface area contributed by atoms with Gasteiger partial charge in [-0.2, -0.15) is 0 Å². The van der Waals surface area contributed by atoms with E-state index in [0.717, 1.165) is 12.2 Å². The zero-order chi connectivity index (χ0) is 12.7. The van der Waals surface area contributed by atoms with Crippen molar-refractivity contribution >= 4 is 5.97 Å². The maximum Gasteiger partial charge on any atom is 0.332 e. The number of aliphatic hydroxyl groups excluding tert-OH is 2. The number of carboxylic acid groups (broad SMARTS) is 1. The molecule has 0 aliphatic heterocycles. The fourth-order valence-electron chi connectivity index (χ4n) is 1.44. The van der Waals surface area contributed by atoms with Crippen molar-refractivity contribution in [1.82, 2.24) is 14.8 Å². The molecule has 3 N–H and O–H groups in total. The third-order valence-corrected chi connectivity index (χ3v) is 2.43. The first-order chi connectivity index (χ1) is 8.15. The normalized spacial score (nSPS) is 12.6. The lowest BCUT2D eigenvalue weighted by molar-refractivity contribution is -0.147. The number of rotatable bonds is 8. The second-order valence-corrected chi connectivity index (χ2v) is 3.76. The molecule has 1 rings (SSSR count). The Morgan fingerprint density at radius 2 is 2.24 bits per heavy atom. The van der Waals surface area contributed by atoms with Crippen molar-refractivity contribution in [2.24, 2.45) is 0 Å². The summed E-state index contributed by atoms with van der Waals surface area (Å²) in [5.41, 5.74) is 0. The van der Waals surface area contributed by atoms with E-state index in [0.29, 0.717) is 19.4 Å². The monoisotopic (exact) mass is 243 g/mol. The summed E-state index contributed by atoms with van der Waals surface area (Å²) in [5, 5.41) is 34.0. The fraction of sp³-hybridized carbons (Fsp3) is 0.700. The van der Waals surface area contributed by atoms with Crippen molar-refractivity contribution in [3.8, 4) is 0 Å². The number of aliphatic hydroxyl groups is 2. The first-order valence-electron chi connectivity index (χ1n) is 5.53. The molecule has 0 aliphatic rings. The number of unbranched alkanes of at least 4 members (excludes halogenated alkanes) is 1. The largest absolute Gasteiger partial charge is 0.479 e. The van der Waals surface area contributed by atoms with E-state index in [2.05, 4.69) is 10.2 Å². The van der Waals surface area contributed by atoms with Gasteiger partial charge in [0.2, 0.25) is 0 Å². The summed E-state index contributed by atoms with van der Waals surface area (Å²) >= 11 is 0. The molecule has 0 spiro atoms. The topological polar surface area (TPSA) is 108 Å². The van der Waals surface area contributed by atoms with E-state index in [9.17, 15) is 4.79 Å². The van der Waals surface area contributed by atoms with Crippen molar-refractivity contribution in [3.63, 3.8) is 0 Å². The second kappa shape index (κ2) is 6.97. The van der Waals surface area contributed by atoms with Crippen LogP contribution < -0.4 is 0 Å². The lowest BCUT2D eigenvalue weighted by Gasteiger charge is -2.08. The summed E-state index contributed by atoms with van der Waals surface area (Å²) in [7, 11) is 0. The lowest BCUT2D eigenvalue weighted by atomic mass is 10.2. The molecule has 1 atom stereocenters. The van der Waals surface area contributed by atoms with Gasteiger partial charge in [0, 0.05) is 26.0 Å². The smallest absolute Gasteiger partial charge is 0.332 e. The molecule has 0 radical (unpaired) electrons. The Morgan fingerprint density at radius 1 is 1.47 bits per heavy atom. The molecule has 7 nitrogen and oxygen atoms in total. The highest BCUT2D eigenvalue weighted by Crippen LogP contribution is 2.04. The molecule has 0 aliphatic carbocycles. The van der Waals surface area contributed by atoms with Gasteiger partial charge in [-0.1, -0.05) is 0 Å². The van der Waals surface area contributed by atoms with Crippen molar-refractivity contribution in [2.45, 2.75) is 38.3 Å². The summed E-state index contributed by atoms with van der Waals surface area (Å²) in [4.78, 5) is 10.4. The highest BCUT2D eigenvalue weighted by Gasteiger charge is 2.13. The van der Waals surface area contributed by atoms with E-state index in [1.165, 1.54) is 6.33 Å². The number of hydrogen-bond donors (Lipinski definition) is 3. The SMILES string of the molecule is O=C(O)C(O)CCn1cnnc1CCCCO. The van der Waals surface area contributed by atoms with E-state index < -0.39 is 12.1 Å². The Balaban J connectivity index is 2.42. The van der Waals surface area contributed by atoms with Crippen molar-refractivity contribution in [3.05, 3.63) is 12.2 Å². The van der Waals surface area contributed by atoms with Crippen LogP contribution in [0.25, 0.3) is 0 Å². The molecule has 1 aromatic rings. The Kier molecular flexibility index (Phi) is 5.58. The quantitative estimate of drug-likeness (QED) is 0.527. The van der Waals surface area contributed by atoms with Crippen LogP contribution in [-0.2, 0) is 17.8 Å². The van der Waals surface area contributed by atoms with Crippen molar-refractivity contribution < 1.29 is 20.1 Å². The molecule has 1 aromatic heterocycles. The van der Waals surface area contributed by atoms with E-state index in [-0.39, 0.29) is 13.0 Å². The van der Waals surface area contributed by atoms with E-state index >= 15 is 0 Å². The minimum Gasteiger partial charge on any atom is -0.479 e. The molecule has 0 aromatic carbocycles. The molecule has 1 heterocycles. The van der Waals surface area contributed by atoms with Gasteiger partial charge >= 0.3 is 5.97 Å². The number of aliphatic carboxylic acids is 1. The summed E-state index contributed by atoms with van der Waals surface area (Å²) in [6.45, 7) is 0.515. The first kappa shape index (κ1) is 13.6. The lowest BCUT2D eigenvalue weighted by Crippen LogP contribution is -2.21. The summed E-state index contributed by atoms with van der Waals surface area (Å²) in [6, 6.07) is 0. The Bertz CT molecular complexity index is 353. The van der Waals surface area contributed by atoms with Crippen LogP contribution in [0.4, 0.5) is 0 Å². The molecule has 0 amide bonds. The molecule has 0 saturated heterocycles. The first-order valence-corrected chi connectivity index (χ1v) is 5.53. The number of carbonyl (C=O) groups is 1. The van der Waals surface area contributed by atoms with Gasteiger partial charge in [0.05, 0.1) is 0 Å². The molecule has 96 valence electrons. The molecule has 0 bridgehead atoms. The van der Waals surface area contributed by atoms with Crippen LogP contribution in [0.3, 0.4) is 0 Å². The van der Waals surface area contributed by atoms with Gasteiger partial charge in [-0.3, -0.25) is 0 Å². The fourth-order valence-corrected chi connectivity index (χ4v) is 1.44. The van der Waals surface area contributed by atoms with Crippen LogP contribution >= 0.6 is 0 Å². The van der Waals surface area contributed by atoms with Crippen LogP contribution in [0.15, 0.2) is 6.33 Å². The Morgan fingerprint density at radius 3 is 2.88 bits per heavy atom. The zero-order valence-electron chi connectivity index (χ0n) is 9.49. The van der Waals surface area contributed by atoms with Gasteiger partial charge < -0.3 is 19.9 Å². The number of aromatic nitrogens is 3. The summed E-state index contributed by atoms with van der Waals surface area (Å²) in [5.74, 6) is -0.476. The van der Waals surface area contributed by atoms with Crippen molar-refractivity contribution in [1.29, 1.82) is 0 Å². The van der Waals surface area contributed by atoms with Gasteiger partial charge in [0.1, 0.15) is 12.2 Å². The van der Waals surface area contributed by atoms with Gasteiger partial charge in [0.15, 0.2) is 6.10 Å². The van der Waals surface area contributed by atoms with Crippen molar-refractivity contribution in [2.75, 3.05) is 6.61 Å². The van der Waals surface area contributed by atoms with Crippen LogP contribution in [0.2, 0.25) is 0 Å². The minimum atomic E-state index is -1.36. The van der Waals surface area contributed by atoms with E-state index in [1.807, 2.05) is 0 Å². The molecule has 1 unspecified atom stereocenters. The number of aryl methyl sites for hydroxylation is 2. The third-order valence-electron chi connectivity index (χ3n) is 2.43. The molecule has 7 heteroatoms. The van der Waals surface area contributed by atoms with Crippen LogP contribution in [0, 0.1) is 0 Å². The average molecular weight is 243 g/mol. The van der Waals surface area contributed by atoms with Gasteiger partial charge in [0.25, 0.3) is 0 Å². The molecular weight excluding hydrogens is 226 g/mol. The van der Waals surface area contributed by atoms with E-state index in [1.54, 1.807) is 4.57 Å². The number of nitrogens with zero attached hydrogens (tertiary/aromatic N) is 3. The highest BCUT2D eigenvalue weighted by atomic mass is 16.4. The predicted molar refractivity (Wildman–Crippen MR) is 58.3 cm³/mol. The third kappa shape index (κ3) is 4.49. The molecule has 0 saturated carbocycles. The Labute approximate surface area is 98.7 Å². The summed E-state index contributed by atoms with van der Waals surface area (Å²) < 4.78 is 1.73.